The van der Waals surface area contributed by atoms with Crippen LogP contribution in [0.4, 0.5) is 0 Å². The van der Waals surface area contributed by atoms with E-state index < -0.39 is 29.8 Å². The molecule has 2 heterocycles. The van der Waals surface area contributed by atoms with Crippen LogP contribution in [0.3, 0.4) is 0 Å². The van der Waals surface area contributed by atoms with E-state index in [0.717, 1.165) is 12.8 Å². The summed E-state index contributed by atoms with van der Waals surface area (Å²) in [6.07, 6.45) is 2.32. The van der Waals surface area contributed by atoms with Crippen molar-refractivity contribution in [3.8, 4) is 0 Å². The fourth-order valence-electron chi connectivity index (χ4n) is 2.81. The molecule has 114 valence electrons. The van der Waals surface area contributed by atoms with Crippen LogP contribution in [0.25, 0.3) is 0 Å². The van der Waals surface area contributed by atoms with Crippen molar-refractivity contribution in [3.05, 3.63) is 34.4 Å². The molecule has 0 N–H and O–H groups in total. The molecule has 1 atom stereocenters. The van der Waals surface area contributed by atoms with Gasteiger partial charge in [0.2, 0.25) is 0 Å². The fourth-order valence-corrected chi connectivity index (χ4v) is 2.81. The Balaban J connectivity index is 2.08. The Hall–Kier alpha value is -2.50. The van der Waals surface area contributed by atoms with Gasteiger partial charge < -0.3 is 9.47 Å². The molecule has 0 spiro atoms. The summed E-state index contributed by atoms with van der Waals surface area (Å²) in [5, 5.41) is 0. The Morgan fingerprint density at radius 1 is 1.09 bits per heavy atom. The van der Waals surface area contributed by atoms with Gasteiger partial charge in [-0.1, -0.05) is 19.4 Å². The number of hydrogen-bond donors (Lipinski definition) is 0. The first-order chi connectivity index (χ1) is 10.5. The molecule has 1 aromatic carbocycles. The summed E-state index contributed by atoms with van der Waals surface area (Å²) in [6, 6.07) is 3.17. The van der Waals surface area contributed by atoms with Crippen LogP contribution in [0.15, 0.2) is 12.1 Å². The second-order valence-electron chi connectivity index (χ2n) is 5.43. The molecule has 2 aliphatic rings. The predicted molar refractivity (Wildman–Crippen MR) is 73.3 cm³/mol. The first-order valence-corrected chi connectivity index (χ1v) is 7.19. The molecule has 2 aliphatic heterocycles. The lowest BCUT2D eigenvalue weighted by atomic mass is 9.89. The Bertz CT molecular complexity index is 703. The Labute approximate surface area is 126 Å². The number of carbonyl (C=O) groups is 4. The summed E-state index contributed by atoms with van der Waals surface area (Å²) < 4.78 is 9.21. The van der Waals surface area contributed by atoms with Gasteiger partial charge in [-0.15, -0.1) is 0 Å². The van der Waals surface area contributed by atoms with Crippen molar-refractivity contribution in [2.24, 2.45) is 0 Å². The molecular weight excluding hydrogens is 288 g/mol. The molecule has 6 heteroatoms. The molecule has 0 radical (unpaired) electrons. The quantitative estimate of drug-likeness (QED) is 0.623. The Kier molecular flexibility index (Phi) is 3.52. The van der Waals surface area contributed by atoms with Gasteiger partial charge in [-0.05, 0) is 30.0 Å². The number of aryl methyl sites for hydroxylation is 1. The molecule has 0 aliphatic carbocycles. The van der Waals surface area contributed by atoms with Gasteiger partial charge in [0.1, 0.15) is 0 Å². The highest BCUT2D eigenvalue weighted by molar-refractivity contribution is 6.15. The molecule has 6 nitrogen and oxygen atoms in total. The molecule has 0 saturated carbocycles. The van der Waals surface area contributed by atoms with E-state index in [4.69, 9.17) is 0 Å². The van der Waals surface area contributed by atoms with Crippen LogP contribution in [0.2, 0.25) is 0 Å². The van der Waals surface area contributed by atoms with E-state index in [0.29, 0.717) is 17.5 Å². The summed E-state index contributed by atoms with van der Waals surface area (Å²) in [6.45, 7) is 2.01. The van der Waals surface area contributed by atoms with Gasteiger partial charge in [-0.3, -0.25) is 9.59 Å². The number of ether oxygens (including phenoxy) is 2. The highest BCUT2D eigenvalue weighted by atomic mass is 16.6. The molecule has 1 saturated heterocycles. The topological polar surface area (TPSA) is 86.7 Å². The summed E-state index contributed by atoms with van der Waals surface area (Å²) in [5.74, 6) is -3.28. The van der Waals surface area contributed by atoms with Crippen LogP contribution in [0.5, 0.6) is 0 Å². The lowest BCUT2D eigenvalue weighted by molar-refractivity contribution is -0.152. The van der Waals surface area contributed by atoms with E-state index >= 15 is 0 Å². The smallest absolute Gasteiger partial charge is 0.347 e. The van der Waals surface area contributed by atoms with Crippen molar-refractivity contribution in [1.29, 1.82) is 0 Å². The monoisotopic (exact) mass is 302 g/mol. The zero-order chi connectivity index (χ0) is 15.9. The number of carbonyl (C=O) groups excluding carboxylic acids is 4. The number of rotatable bonds is 4. The van der Waals surface area contributed by atoms with Crippen molar-refractivity contribution >= 4 is 23.9 Å². The third-order valence-corrected chi connectivity index (χ3v) is 3.92. The van der Waals surface area contributed by atoms with Crippen LogP contribution in [-0.2, 0) is 25.5 Å². The van der Waals surface area contributed by atoms with Crippen molar-refractivity contribution in [1.82, 2.24) is 0 Å². The molecule has 0 bridgehead atoms. The molecule has 1 fully saturated rings. The highest BCUT2D eigenvalue weighted by Crippen LogP contribution is 2.33. The number of cyclic esters (lactones) is 4. The number of esters is 4. The normalized spacial score (nSPS) is 20.1. The molecule has 0 amide bonds. The van der Waals surface area contributed by atoms with E-state index in [2.05, 4.69) is 9.47 Å². The van der Waals surface area contributed by atoms with Crippen LogP contribution >= 0.6 is 0 Å². The first-order valence-electron chi connectivity index (χ1n) is 7.19. The van der Waals surface area contributed by atoms with Crippen LogP contribution < -0.4 is 0 Å². The van der Waals surface area contributed by atoms with Gasteiger partial charge in [0.05, 0.1) is 23.5 Å². The fraction of sp³-hybridized carbons (Fsp3) is 0.375. The van der Waals surface area contributed by atoms with E-state index in [9.17, 15) is 19.2 Å². The lowest BCUT2D eigenvalue weighted by Gasteiger charge is -2.11. The average molecular weight is 302 g/mol. The third kappa shape index (κ3) is 2.30. The standard InChI is InChI=1S/C16H14O6/c1-2-3-4-8-5-9(10-7-12(17)21-14(10)18)6-11-13(8)16(20)22-15(11)19/h5-6,10H,2-4,7H2,1H3. The number of hydrogen-bond acceptors (Lipinski definition) is 6. The molecule has 1 unspecified atom stereocenters. The average Bonchev–Trinajstić information content (AvgIpc) is 2.96. The third-order valence-electron chi connectivity index (χ3n) is 3.92. The van der Waals surface area contributed by atoms with Gasteiger partial charge >= 0.3 is 23.9 Å². The molecule has 1 aromatic rings. The van der Waals surface area contributed by atoms with Crippen LogP contribution in [0, 0.1) is 0 Å². The van der Waals surface area contributed by atoms with E-state index in [1.165, 1.54) is 6.07 Å². The van der Waals surface area contributed by atoms with E-state index in [1.54, 1.807) is 6.07 Å². The minimum absolute atomic E-state index is 0.0478. The lowest BCUT2D eigenvalue weighted by Crippen LogP contribution is -2.09. The van der Waals surface area contributed by atoms with Gasteiger partial charge in [0.15, 0.2) is 0 Å². The first kappa shape index (κ1) is 14.4. The summed E-state index contributed by atoms with van der Waals surface area (Å²) in [5.41, 5.74) is 1.64. The Morgan fingerprint density at radius 3 is 2.50 bits per heavy atom. The Morgan fingerprint density at radius 2 is 1.86 bits per heavy atom. The predicted octanol–water partition coefficient (Wildman–Crippen LogP) is 1.90. The molecular formula is C16H14O6. The van der Waals surface area contributed by atoms with Crippen LogP contribution in [0.1, 0.15) is 63.9 Å². The summed E-state index contributed by atoms with van der Waals surface area (Å²) in [7, 11) is 0. The number of fused-ring (bicyclic) bond motifs is 1. The SMILES string of the molecule is CCCCc1cc(C2CC(=O)OC2=O)cc2c1C(=O)OC2=O. The summed E-state index contributed by atoms with van der Waals surface area (Å²) in [4.78, 5) is 46.6. The van der Waals surface area contributed by atoms with Gasteiger partial charge in [-0.2, -0.15) is 0 Å². The van der Waals surface area contributed by atoms with Crippen molar-refractivity contribution in [2.45, 2.75) is 38.5 Å². The molecule has 3 rings (SSSR count). The molecule has 22 heavy (non-hydrogen) atoms. The van der Waals surface area contributed by atoms with Gasteiger partial charge in [-0.25, -0.2) is 9.59 Å². The maximum absolute atomic E-state index is 11.8. The minimum Gasteiger partial charge on any atom is -0.393 e. The minimum atomic E-state index is -0.721. The summed E-state index contributed by atoms with van der Waals surface area (Å²) >= 11 is 0. The van der Waals surface area contributed by atoms with Gasteiger partial charge in [0, 0.05) is 0 Å². The maximum atomic E-state index is 11.8. The maximum Gasteiger partial charge on any atom is 0.347 e. The van der Waals surface area contributed by atoms with Crippen molar-refractivity contribution in [3.63, 3.8) is 0 Å². The zero-order valence-corrected chi connectivity index (χ0v) is 12.0. The van der Waals surface area contributed by atoms with Gasteiger partial charge in [0.25, 0.3) is 0 Å². The largest absolute Gasteiger partial charge is 0.393 e. The van der Waals surface area contributed by atoms with E-state index in [-0.39, 0.29) is 17.5 Å². The van der Waals surface area contributed by atoms with Crippen molar-refractivity contribution in [2.75, 3.05) is 0 Å². The zero-order valence-electron chi connectivity index (χ0n) is 12.0. The van der Waals surface area contributed by atoms with E-state index in [1.807, 2.05) is 6.92 Å². The second kappa shape index (κ2) is 5.36. The number of benzene rings is 1. The van der Waals surface area contributed by atoms with Crippen molar-refractivity contribution < 1.29 is 28.7 Å². The highest BCUT2D eigenvalue weighted by Gasteiger charge is 2.38. The second-order valence-corrected chi connectivity index (χ2v) is 5.43. The molecule has 0 aromatic heterocycles. The number of unbranched alkanes of at least 4 members (excludes halogenated alkanes) is 1. The van der Waals surface area contributed by atoms with Crippen LogP contribution in [-0.4, -0.2) is 23.9 Å².